The molecule has 1 heterocycles. The summed E-state index contributed by atoms with van der Waals surface area (Å²) in [6, 6.07) is 8.82. The summed E-state index contributed by atoms with van der Waals surface area (Å²) < 4.78 is 5.68. The van der Waals surface area contributed by atoms with Gasteiger partial charge in [0.2, 0.25) is 0 Å². The number of ether oxygens (including phenoxy) is 1. The molecule has 104 valence electrons. The van der Waals surface area contributed by atoms with Crippen molar-refractivity contribution in [2.24, 2.45) is 0 Å². The van der Waals surface area contributed by atoms with Crippen molar-refractivity contribution in [2.75, 3.05) is 31.1 Å². The van der Waals surface area contributed by atoms with Crippen molar-refractivity contribution >= 4 is 30.5 Å². The van der Waals surface area contributed by atoms with E-state index in [0.717, 1.165) is 32.0 Å². The zero-order valence-corrected chi connectivity index (χ0v) is 12.5. The number of nitrogens with one attached hydrogen (secondary N) is 1. The van der Waals surface area contributed by atoms with E-state index in [1.165, 1.54) is 5.69 Å². The maximum atomic E-state index is 5.68. The van der Waals surface area contributed by atoms with E-state index in [0.29, 0.717) is 6.04 Å². The second-order valence-corrected chi connectivity index (χ2v) is 4.15. The molecule has 1 aromatic rings. The Bertz CT molecular complexity index is 350. The molecule has 1 atom stereocenters. The lowest BCUT2D eigenvalue weighted by Gasteiger charge is -2.36. The average molecular weight is 293 g/mol. The highest BCUT2D eigenvalue weighted by Crippen LogP contribution is 2.29. The molecule has 0 radical (unpaired) electrons. The number of hydrogen-bond donors (Lipinski definition) is 1. The third kappa shape index (κ3) is 3.94. The Labute approximate surface area is 122 Å². The number of nitrogens with zero attached hydrogens (tertiary/aromatic N) is 1. The Kier molecular flexibility index (Phi) is 8.16. The standard InChI is InChI=1S/C13H20N2O.2ClH/c1-3-16-13-7-5-4-6-12(13)15-9-8-14-10-11(15)2;;/h4-7,11,14H,3,8-10H2,1-2H3;2*1H/t11-;;/m1../s1. The van der Waals surface area contributed by atoms with Gasteiger partial charge in [-0.15, -0.1) is 24.8 Å². The number of rotatable bonds is 3. The molecule has 18 heavy (non-hydrogen) atoms. The van der Waals surface area contributed by atoms with E-state index in [1.54, 1.807) is 0 Å². The fourth-order valence-electron chi connectivity index (χ4n) is 2.17. The van der Waals surface area contributed by atoms with Gasteiger partial charge >= 0.3 is 0 Å². The molecular formula is C13H22Cl2N2O. The van der Waals surface area contributed by atoms with Crippen LogP contribution >= 0.6 is 24.8 Å². The number of halogens is 2. The topological polar surface area (TPSA) is 24.5 Å². The smallest absolute Gasteiger partial charge is 0.142 e. The summed E-state index contributed by atoms with van der Waals surface area (Å²) in [4.78, 5) is 2.42. The maximum absolute atomic E-state index is 5.68. The molecule has 5 heteroatoms. The van der Waals surface area contributed by atoms with Crippen molar-refractivity contribution in [3.8, 4) is 5.75 Å². The molecule has 0 aliphatic carbocycles. The normalized spacial score (nSPS) is 18.6. The van der Waals surface area contributed by atoms with E-state index in [9.17, 15) is 0 Å². The highest BCUT2D eigenvalue weighted by atomic mass is 35.5. The van der Waals surface area contributed by atoms with Crippen molar-refractivity contribution < 1.29 is 4.74 Å². The van der Waals surface area contributed by atoms with E-state index < -0.39 is 0 Å². The molecule has 1 aromatic carbocycles. The molecule has 0 saturated carbocycles. The first-order chi connectivity index (χ1) is 7.83. The summed E-state index contributed by atoms with van der Waals surface area (Å²) in [6.45, 7) is 8.13. The Morgan fingerprint density at radius 2 is 2.06 bits per heavy atom. The zero-order chi connectivity index (χ0) is 11.4. The monoisotopic (exact) mass is 292 g/mol. The summed E-state index contributed by atoms with van der Waals surface area (Å²) in [5.74, 6) is 0.999. The number of hydrogen-bond acceptors (Lipinski definition) is 3. The van der Waals surface area contributed by atoms with Crippen molar-refractivity contribution in [2.45, 2.75) is 19.9 Å². The van der Waals surface area contributed by atoms with Gasteiger partial charge in [0.05, 0.1) is 12.3 Å². The van der Waals surface area contributed by atoms with Crippen LogP contribution in [0.4, 0.5) is 5.69 Å². The first-order valence-electron chi connectivity index (χ1n) is 6.02. The van der Waals surface area contributed by atoms with Gasteiger partial charge in [-0.3, -0.25) is 0 Å². The van der Waals surface area contributed by atoms with Crippen LogP contribution in [0.2, 0.25) is 0 Å². The number of anilines is 1. The number of para-hydroxylation sites is 2. The zero-order valence-electron chi connectivity index (χ0n) is 10.9. The largest absolute Gasteiger partial charge is 0.492 e. The van der Waals surface area contributed by atoms with Gasteiger partial charge in [-0.2, -0.15) is 0 Å². The van der Waals surface area contributed by atoms with Crippen LogP contribution in [0.15, 0.2) is 24.3 Å². The minimum atomic E-state index is 0. The lowest BCUT2D eigenvalue weighted by molar-refractivity contribution is 0.338. The van der Waals surface area contributed by atoms with Crippen molar-refractivity contribution in [3.05, 3.63) is 24.3 Å². The summed E-state index contributed by atoms with van der Waals surface area (Å²) >= 11 is 0. The molecule has 0 spiro atoms. The van der Waals surface area contributed by atoms with Crippen LogP contribution in [0.5, 0.6) is 5.75 Å². The summed E-state index contributed by atoms with van der Waals surface area (Å²) in [5, 5.41) is 3.40. The van der Waals surface area contributed by atoms with E-state index in [4.69, 9.17) is 4.74 Å². The lowest BCUT2D eigenvalue weighted by Crippen LogP contribution is -2.50. The first kappa shape index (κ1) is 17.4. The molecule has 1 fully saturated rings. The third-order valence-corrected chi connectivity index (χ3v) is 2.98. The fourth-order valence-corrected chi connectivity index (χ4v) is 2.17. The predicted molar refractivity (Wildman–Crippen MR) is 81.8 cm³/mol. The molecule has 0 amide bonds. The summed E-state index contributed by atoms with van der Waals surface area (Å²) in [6.07, 6.45) is 0. The Balaban J connectivity index is 0.00000144. The average Bonchev–Trinajstić information content (AvgIpc) is 2.31. The van der Waals surface area contributed by atoms with E-state index >= 15 is 0 Å². The Morgan fingerprint density at radius 1 is 1.33 bits per heavy atom. The Hall–Kier alpha value is -0.640. The fraction of sp³-hybridized carbons (Fsp3) is 0.538. The maximum Gasteiger partial charge on any atom is 0.142 e. The van der Waals surface area contributed by atoms with Crippen LogP contribution in [-0.2, 0) is 0 Å². The number of benzene rings is 1. The molecule has 1 aliphatic heterocycles. The highest BCUT2D eigenvalue weighted by molar-refractivity contribution is 5.85. The van der Waals surface area contributed by atoms with Crippen LogP contribution in [0.3, 0.4) is 0 Å². The van der Waals surface area contributed by atoms with Crippen LogP contribution in [0.1, 0.15) is 13.8 Å². The van der Waals surface area contributed by atoms with Crippen LogP contribution in [0, 0.1) is 0 Å². The molecule has 2 rings (SSSR count). The lowest BCUT2D eigenvalue weighted by atomic mass is 10.1. The minimum Gasteiger partial charge on any atom is -0.492 e. The van der Waals surface area contributed by atoms with Gasteiger partial charge in [0, 0.05) is 25.7 Å². The molecular weight excluding hydrogens is 271 g/mol. The third-order valence-electron chi connectivity index (χ3n) is 2.98. The van der Waals surface area contributed by atoms with E-state index in [2.05, 4.69) is 29.3 Å². The van der Waals surface area contributed by atoms with Gasteiger partial charge in [-0.05, 0) is 26.0 Å². The van der Waals surface area contributed by atoms with Gasteiger partial charge in [0.1, 0.15) is 5.75 Å². The summed E-state index contributed by atoms with van der Waals surface area (Å²) in [7, 11) is 0. The van der Waals surface area contributed by atoms with Crippen LogP contribution in [0.25, 0.3) is 0 Å². The van der Waals surface area contributed by atoms with Gasteiger partial charge in [-0.1, -0.05) is 12.1 Å². The first-order valence-corrected chi connectivity index (χ1v) is 6.02. The van der Waals surface area contributed by atoms with Gasteiger partial charge in [0.25, 0.3) is 0 Å². The minimum absolute atomic E-state index is 0. The van der Waals surface area contributed by atoms with Gasteiger partial charge < -0.3 is 15.0 Å². The van der Waals surface area contributed by atoms with Crippen LogP contribution < -0.4 is 15.0 Å². The molecule has 0 aromatic heterocycles. The predicted octanol–water partition coefficient (Wildman–Crippen LogP) is 2.73. The molecule has 3 nitrogen and oxygen atoms in total. The second-order valence-electron chi connectivity index (χ2n) is 4.15. The highest BCUT2D eigenvalue weighted by Gasteiger charge is 2.20. The molecule has 1 N–H and O–H groups in total. The molecule has 1 aliphatic rings. The Morgan fingerprint density at radius 3 is 2.72 bits per heavy atom. The van der Waals surface area contributed by atoms with Crippen molar-refractivity contribution in [3.63, 3.8) is 0 Å². The molecule has 1 saturated heterocycles. The van der Waals surface area contributed by atoms with Crippen molar-refractivity contribution in [1.82, 2.24) is 5.32 Å². The number of piperazine rings is 1. The SMILES string of the molecule is CCOc1ccccc1N1CCNC[C@H]1C.Cl.Cl. The van der Waals surface area contributed by atoms with E-state index in [-0.39, 0.29) is 24.8 Å². The van der Waals surface area contributed by atoms with Crippen LogP contribution in [-0.4, -0.2) is 32.3 Å². The quantitative estimate of drug-likeness (QED) is 0.927. The van der Waals surface area contributed by atoms with Gasteiger partial charge in [-0.25, -0.2) is 0 Å². The van der Waals surface area contributed by atoms with E-state index in [1.807, 2.05) is 19.1 Å². The van der Waals surface area contributed by atoms with Crippen molar-refractivity contribution in [1.29, 1.82) is 0 Å². The van der Waals surface area contributed by atoms with Gasteiger partial charge in [0.15, 0.2) is 0 Å². The molecule has 0 bridgehead atoms. The molecule has 0 unspecified atom stereocenters. The second kappa shape index (κ2) is 8.46. The summed E-state index contributed by atoms with van der Waals surface area (Å²) in [5.41, 5.74) is 1.22.